The lowest BCUT2D eigenvalue weighted by molar-refractivity contribution is -0.593. The topological polar surface area (TPSA) is 26.9 Å². The first-order valence-electron chi connectivity index (χ1n) is 4.54. The Kier molecular flexibility index (Phi) is 2.71. The average molecular weight is 243 g/mol. The number of benzene rings is 1. The van der Waals surface area contributed by atoms with Crippen LogP contribution in [0.25, 0.3) is 11.3 Å². The summed E-state index contributed by atoms with van der Waals surface area (Å²) >= 11 is 0. The van der Waals surface area contributed by atoms with Gasteiger partial charge in [-0.15, -0.1) is 0 Å². The van der Waals surface area contributed by atoms with Gasteiger partial charge in [0.15, 0.2) is 29.5 Å². The van der Waals surface area contributed by atoms with Gasteiger partial charge in [0.05, 0.1) is 0 Å². The quantitative estimate of drug-likeness (QED) is 0.327. The molecule has 0 radical (unpaired) electrons. The lowest BCUT2D eigenvalue weighted by Crippen LogP contribution is -2.29. The summed E-state index contributed by atoms with van der Waals surface area (Å²) in [5.41, 5.74) is -1.51. The van der Waals surface area contributed by atoms with E-state index in [2.05, 4.69) is 0 Å². The number of halogens is 4. The Morgan fingerprint density at radius 1 is 0.941 bits per heavy atom. The van der Waals surface area contributed by atoms with Crippen molar-refractivity contribution in [3.8, 4) is 11.3 Å². The minimum atomic E-state index is -1.60. The van der Waals surface area contributed by atoms with Gasteiger partial charge in [0.2, 0.25) is 5.69 Å². The molecule has 0 aliphatic carbocycles. The third kappa shape index (κ3) is 1.82. The van der Waals surface area contributed by atoms with E-state index in [4.69, 9.17) is 0 Å². The Balaban J connectivity index is 2.80. The summed E-state index contributed by atoms with van der Waals surface area (Å²) < 4.78 is 52.8. The van der Waals surface area contributed by atoms with Crippen molar-refractivity contribution in [2.75, 3.05) is 0 Å². The molecule has 1 aromatic heterocycles. The van der Waals surface area contributed by atoms with Crippen LogP contribution in [0.5, 0.6) is 0 Å². The van der Waals surface area contributed by atoms with Gasteiger partial charge >= 0.3 is 0 Å². The van der Waals surface area contributed by atoms with Crippen LogP contribution in [0.1, 0.15) is 0 Å². The zero-order chi connectivity index (χ0) is 12.6. The fourth-order valence-electron chi connectivity index (χ4n) is 1.42. The van der Waals surface area contributed by atoms with E-state index in [1.165, 1.54) is 12.1 Å². The van der Waals surface area contributed by atoms with Gasteiger partial charge < -0.3 is 5.21 Å². The van der Waals surface area contributed by atoms with E-state index in [9.17, 15) is 22.8 Å². The van der Waals surface area contributed by atoms with Crippen LogP contribution >= 0.6 is 0 Å². The van der Waals surface area contributed by atoms with Crippen molar-refractivity contribution in [2.24, 2.45) is 0 Å². The number of hydrogen-bond acceptors (Lipinski definition) is 1. The molecule has 6 heteroatoms. The van der Waals surface area contributed by atoms with Crippen molar-refractivity contribution < 1.29 is 22.3 Å². The van der Waals surface area contributed by atoms with E-state index in [0.717, 1.165) is 12.3 Å². The highest BCUT2D eigenvalue weighted by Gasteiger charge is 2.25. The standard InChI is InChI=1S/C11H5F4NO/c12-6-5-7(13)11(15)9(10(6)14)8-3-1-2-4-16(8)17/h1-5H. The summed E-state index contributed by atoms with van der Waals surface area (Å²) in [4.78, 5) is 0. The first-order valence-corrected chi connectivity index (χ1v) is 4.54. The predicted molar refractivity (Wildman–Crippen MR) is 50.7 cm³/mol. The number of rotatable bonds is 1. The number of aromatic nitrogens is 1. The maximum absolute atomic E-state index is 13.4. The van der Waals surface area contributed by atoms with Crippen LogP contribution in [0.3, 0.4) is 0 Å². The molecule has 0 atom stereocenters. The van der Waals surface area contributed by atoms with Crippen molar-refractivity contribution >= 4 is 0 Å². The molecule has 0 spiro atoms. The first kappa shape index (κ1) is 11.4. The third-order valence-corrected chi connectivity index (χ3v) is 2.19. The molecule has 0 bridgehead atoms. The van der Waals surface area contributed by atoms with Gasteiger partial charge in [-0.05, 0) is 6.07 Å². The molecule has 0 aliphatic rings. The Hall–Kier alpha value is -2.11. The third-order valence-electron chi connectivity index (χ3n) is 2.19. The molecular weight excluding hydrogens is 238 g/mol. The molecule has 2 aromatic rings. The molecule has 2 nitrogen and oxygen atoms in total. The van der Waals surface area contributed by atoms with Gasteiger partial charge in [-0.2, -0.15) is 4.73 Å². The van der Waals surface area contributed by atoms with E-state index >= 15 is 0 Å². The molecule has 0 saturated heterocycles. The number of nitrogens with zero attached hydrogens (tertiary/aromatic N) is 1. The van der Waals surface area contributed by atoms with Gasteiger partial charge in [0.1, 0.15) is 5.56 Å². The minimum absolute atomic E-state index is 0.0895. The molecular formula is C11H5F4NO. The molecule has 0 aliphatic heterocycles. The highest BCUT2D eigenvalue weighted by Crippen LogP contribution is 2.27. The molecule has 0 fully saturated rings. The van der Waals surface area contributed by atoms with Crippen LogP contribution < -0.4 is 4.73 Å². The van der Waals surface area contributed by atoms with Crippen LogP contribution in [0.15, 0.2) is 30.5 Å². The van der Waals surface area contributed by atoms with Gasteiger partial charge in [0, 0.05) is 18.2 Å². The lowest BCUT2D eigenvalue weighted by Gasteiger charge is -2.07. The minimum Gasteiger partial charge on any atom is -0.618 e. The summed E-state index contributed by atoms with van der Waals surface area (Å²) in [6, 6.07) is 3.80. The Morgan fingerprint density at radius 3 is 2.06 bits per heavy atom. The monoisotopic (exact) mass is 243 g/mol. The summed E-state index contributed by atoms with van der Waals surface area (Å²) in [5, 5.41) is 11.3. The van der Waals surface area contributed by atoms with E-state index in [1.54, 1.807) is 0 Å². The molecule has 2 rings (SSSR count). The maximum atomic E-state index is 13.4. The highest BCUT2D eigenvalue weighted by molar-refractivity contribution is 5.58. The summed E-state index contributed by atoms with van der Waals surface area (Å²) in [6.07, 6.45) is 0.969. The van der Waals surface area contributed by atoms with Crippen molar-refractivity contribution in [2.45, 2.75) is 0 Å². The Labute approximate surface area is 93.3 Å². The normalized spacial score (nSPS) is 10.6. The van der Waals surface area contributed by atoms with E-state index < -0.39 is 34.5 Å². The molecule has 88 valence electrons. The second-order valence-corrected chi connectivity index (χ2v) is 3.25. The molecule has 1 aromatic carbocycles. The second-order valence-electron chi connectivity index (χ2n) is 3.25. The van der Waals surface area contributed by atoms with E-state index in [-0.39, 0.29) is 10.8 Å². The van der Waals surface area contributed by atoms with Gasteiger partial charge in [-0.3, -0.25) is 0 Å². The smallest absolute Gasteiger partial charge is 0.229 e. The number of hydrogen-bond donors (Lipinski definition) is 0. The van der Waals surface area contributed by atoms with Crippen molar-refractivity contribution in [3.63, 3.8) is 0 Å². The Bertz CT molecular complexity index is 560. The summed E-state index contributed by atoms with van der Waals surface area (Å²) in [5.74, 6) is -6.30. The van der Waals surface area contributed by atoms with Crippen molar-refractivity contribution in [3.05, 3.63) is 58.9 Å². The molecule has 0 unspecified atom stereocenters. The van der Waals surface area contributed by atoms with Gasteiger partial charge in [0.25, 0.3) is 0 Å². The fraction of sp³-hybridized carbons (Fsp3) is 0. The zero-order valence-corrected chi connectivity index (χ0v) is 8.25. The first-order chi connectivity index (χ1) is 8.02. The summed E-state index contributed by atoms with van der Waals surface area (Å²) in [6.45, 7) is 0. The Morgan fingerprint density at radius 2 is 1.53 bits per heavy atom. The zero-order valence-electron chi connectivity index (χ0n) is 8.25. The van der Waals surface area contributed by atoms with Crippen molar-refractivity contribution in [1.82, 2.24) is 0 Å². The molecule has 0 saturated carbocycles. The van der Waals surface area contributed by atoms with Crippen LogP contribution in [-0.2, 0) is 0 Å². The SMILES string of the molecule is [O-][n+]1ccccc1-c1c(F)c(F)cc(F)c1F. The second kappa shape index (κ2) is 4.04. The molecule has 0 amide bonds. The van der Waals surface area contributed by atoms with Crippen LogP contribution in [0, 0.1) is 28.5 Å². The van der Waals surface area contributed by atoms with Crippen LogP contribution in [-0.4, -0.2) is 0 Å². The van der Waals surface area contributed by atoms with E-state index in [1.807, 2.05) is 0 Å². The van der Waals surface area contributed by atoms with Crippen LogP contribution in [0.2, 0.25) is 0 Å². The predicted octanol–water partition coefficient (Wildman–Crippen LogP) is 2.54. The molecule has 17 heavy (non-hydrogen) atoms. The largest absolute Gasteiger partial charge is 0.618 e. The maximum Gasteiger partial charge on any atom is 0.229 e. The molecule has 0 N–H and O–H groups in total. The molecule has 1 heterocycles. The average Bonchev–Trinajstić information content (AvgIpc) is 2.29. The van der Waals surface area contributed by atoms with Crippen LogP contribution in [0.4, 0.5) is 17.6 Å². The van der Waals surface area contributed by atoms with Gasteiger partial charge in [-0.1, -0.05) is 0 Å². The highest BCUT2D eigenvalue weighted by atomic mass is 19.2. The van der Waals surface area contributed by atoms with Gasteiger partial charge in [-0.25, -0.2) is 17.6 Å². The fourth-order valence-corrected chi connectivity index (χ4v) is 1.42. The summed E-state index contributed by atoms with van der Waals surface area (Å²) in [7, 11) is 0. The lowest BCUT2D eigenvalue weighted by atomic mass is 10.1. The number of pyridine rings is 1. The van der Waals surface area contributed by atoms with Crippen molar-refractivity contribution in [1.29, 1.82) is 0 Å². The van der Waals surface area contributed by atoms with E-state index in [0.29, 0.717) is 0 Å².